The molecule has 0 unspecified atom stereocenters. The lowest BCUT2D eigenvalue weighted by Gasteiger charge is -2.07. The standard InChI is InChI=1S/C19H20N4O3/c1-12-17(13(2)26-23-12)9-19(24)20-10-15-8-18(22-11-21-15)14-4-6-16(25-3)7-5-14/h4-8,11H,9-10H2,1-3H3,(H,20,24). The third-order valence-electron chi connectivity index (χ3n) is 4.09. The first-order chi connectivity index (χ1) is 12.6. The minimum Gasteiger partial charge on any atom is -0.497 e. The van der Waals surface area contributed by atoms with Crippen LogP contribution >= 0.6 is 0 Å². The smallest absolute Gasteiger partial charge is 0.224 e. The normalized spacial score (nSPS) is 10.6. The number of nitrogens with zero attached hydrogens (tertiary/aromatic N) is 3. The van der Waals surface area contributed by atoms with E-state index in [2.05, 4.69) is 20.4 Å². The summed E-state index contributed by atoms with van der Waals surface area (Å²) in [5.74, 6) is 1.35. The Kier molecular flexibility index (Phi) is 5.26. The fourth-order valence-corrected chi connectivity index (χ4v) is 2.58. The van der Waals surface area contributed by atoms with Crippen LogP contribution in [0.5, 0.6) is 5.75 Å². The Balaban J connectivity index is 1.64. The molecule has 0 aliphatic rings. The number of aryl methyl sites for hydroxylation is 2. The van der Waals surface area contributed by atoms with Crippen LogP contribution in [0.15, 0.2) is 41.2 Å². The molecule has 0 saturated heterocycles. The summed E-state index contributed by atoms with van der Waals surface area (Å²) in [5, 5.41) is 6.73. The summed E-state index contributed by atoms with van der Waals surface area (Å²) in [6.07, 6.45) is 1.73. The minimum absolute atomic E-state index is 0.107. The predicted octanol–water partition coefficient (Wildman–Crippen LogP) is 2.62. The van der Waals surface area contributed by atoms with Gasteiger partial charge < -0.3 is 14.6 Å². The van der Waals surface area contributed by atoms with Crippen molar-refractivity contribution in [2.45, 2.75) is 26.8 Å². The van der Waals surface area contributed by atoms with Crippen LogP contribution in [0.3, 0.4) is 0 Å². The number of methoxy groups -OCH3 is 1. The fraction of sp³-hybridized carbons (Fsp3) is 0.263. The number of hydrogen-bond donors (Lipinski definition) is 1. The molecule has 0 saturated carbocycles. The molecule has 134 valence electrons. The molecular weight excluding hydrogens is 332 g/mol. The molecule has 1 amide bonds. The van der Waals surface area contributed by atoms with Crippen LogP contribution in [0.2, 0.25) is 0 Å². The maximum absolute atomic E-state index is 12.2. The van der Waals surface area contributed by atoms with Gasteiger partial charge in [0.1, 0.15) is 17.8 Å². The van der Waals surface area contributed by atoms with Crippen molar-refractivity contribution in [3.8, 4) is 17.0 Å². The van der Waals surface area contributed by atoms with Gasteiger partial charge in [-0.25, -0.2) is 9.97 Å². The molecule has 7 heteroatoms. The largest absolute Gasteiger partial charge is 0.497 e. The molecule has 3 rings (SSSR count). The molecule has 2 aromatic heterocycles. The highest BCUT2D eigenvalue weighted by Gasteiger charge is 2.13. The van der Waals surface area contributed by atoms with E-state index in [0.29, 0.717) is 12.3 Å². The quantitative estimate of drug-likeness (QED) is 0.733. The van der Waals surface area contributed by atoms with Gasteiger partial charge >= 0.3 is 0 Å². The van der Waals surface area contributed by atoms with Crippen LogP contribution in [0.4, 0.5) is 0 Å². The summed E-state index contributed by atoms with van der Waals surface area (Å²) in [4.78, 5) is 20.7. The summed E-state index contributed by atoms with van der Waals surface area (Å²) in [7, 11) is 1.63. The van der Waals surface area contributed by atoms with Crippen molar-refractivity contribution in [1.29, 1.82) is 0 Å². The Hall–Kier alpha value is -3.22. The zero-order valence-electron chi connectivity index (χ0n) is 14.9. The van der Waals surface area contributed by atoms with E-state index in [1.807, 2.05) is 37.3 Å². The average molecular weight is 352 g/mol. The van der Waals surface area contributed by atoms with Crippen molar-refractivity contribution < 1.29 is 14.1 Å². The van der Waals surface area contributed by atoms with E-state index in [4.69, 9.17) is 9.26 Å². The zero-order chi connectivity index (χ0) is 18.5. The van der Waals surface area contributed by atoms with Crippen LogP contribution < -0.4 is 10.1 Å². The molecule has 7 nitrogen and oxygen atoms in total. The molecule has 0 aliphatic heterocycles. The second-order valence-electron chi connectivity index (χ2n) is 5.88. The minimum atomic E-state index is -0.107. The molecule has 2 heterocycles. The predicted molar refractivity (Wildman–Crippen MR) is 95.5 cm³/mol. The molecular formula is C19H20N4O3. The lowest BCUT2D eigenvalue weighted by atomic mass is 10.1. The van der Waals surface area contributed by atoms with E-state index in [1.165, 1.54) is 6.33 Å². The van der Waals surface area contributed by atoms with Crippen LogP contribution in [0, 0.1) is 13.8 Å². The first-order valence-electron chi connectivity index (χ1n) is 8.20. The number of carbonyl (C=O) groups is 1. The van der Waals surface area contributed by atoms with Gasteiger partial charge in [-0.15, -0.1) is 0 Å². The number of carbonyl (C=O) groups excluding carboxylic acids is 1. The van der Waals surface area contributed by atoms with Crippen molar-refractivity contribution in [2.24, 2.45) is 0 Å². The molecule has 3 aromatic rings. The monoisotopic (exact) mass is 352 g/mol. The van der Waals surface area contributed by atoms with E-state index >= 15 is 0 Å². The van der Waals surface area contributed by atoms with Gasteiger partial charge in [0.25, 0.3) is 0 Å². The lowest BCUT2D eigenvalue weighted by molar-refractivity contribution is -0.120. The number of rotatable bonds is 6. The molecule has 1 aromatic carbocycles. The number of hydrogen-bond acceptors (Lipinski definition) is 6. The van der Waals surface area contributed by atoms with Crippen LogP contribution in [-0.4, -0.2) is 28.1 Å². The van der Waals surface area contributed by atoms with Crippen molar-refractivity contribution in [1.82, 2.24) is 20.4 Å². The van der Waals surface area contributed by atoms with Crippen molar-refractivity contribution in [3.63, 3.8) is 0 Å². The number of aromatic nitrogens is 3. The Morgan fingerprint density at radius 3 is 2.62 bits per heavy atom. The average Bonchev–Trinajstić information content (AvgIpc) is 2.98. The van der Waals surface area contributed by atoms with Gasteiger partial charge in [-0.3, -0.25) is 4.79 Å². The third-order valence-corrected chi connectivity index (χ3v) is 4.09. The highest BCUT2D eigenvalue weighted by Crippen LogP contribution is 2.20. The Bertz CT molecular complexity index is 884. The number of ether oxygens (including phenoxy) is 1. The molecule has 1 N–H and O–H groups in total. The van der Waals surface area contributed by atoms with E-state index in [9.17, 15) is 4.79 Å². The van der Waals surface area contributed by atoms with Gasteiger partial charge in [-0.1, -0.05) is 5.16 Å². The van der Waals surface area contributed by atoms with Gasteiger partial charge in [0.2, 0.25) is 5.91 Å². The summed E-state index contributed by atoms with van der Waals surface area (Å²) in [5.41, 5.74) is 4.04. The van der Waals surface area contributed by atoms with Crippen LogP contribution in [0.1, 0.15) is 22.7 Å². The molecule has 0 radical (unpaired) electrons. The van der Waals surface area contributed by atoms with Crippen LogP contribution in [0.25, 0.3) is 11.3 Å². The van der Waals surface area contributed by atoms with Crippen molar-refractivity contribution >= 4 is 5.91 Å². The summed E-state index contributed by atoms with van der Waals surface area (Å²) >= 11 is 0. The van der Waals surface area contributed by atoms with E-state index in [0.717, 1.165) is 34.0 Å². The Labute approximate surface area is 151 Å². The fourth-order valence-electron chi connectivity index (χ4n) is 2.58. The SMILES string of the molecule is COc1ccc(-c2cc(CNC(=O)Cc3c(C)noc3C)ncn2)cc1. The van der Waals surface area contributed by atoms with Gasteiger partial charge in [-0.05, 0) is 44.2 Å². The summed E-state index contributed by atoms with van der Waals surface area (Å²) in [6.45, 7) is 3.95. The molecule has 0 fully saturated rings. The highest BCUT2D eigenvalue weighted by atomic mass is 16.5. The van der Waals surface area contributed by atoms with Gasteiger partial charge in [0.15, 0.2) is 0 Å². The number of amides is 1. The van der Waals surface area contributed by atoms with Crippen LogP contribution in [-0.2, 0) is 17.8 Å². The Morgan fingerprint density at radius 1 is 1.19 bits per heavy atom. The summed E-state index contributed by atoms with van der Waals surface area (Å²) < 4.78 is 10.2. The van der Waals surface area contributed by atoms with Gasteiger partial charge in [-0.2, -0.15) is 0 Å². The molecule has 0 bridgehead atoms. The first-order valence-corrected chi connectivity index (χ1v) is 8.20. The van der Waals surface area contributed by atoms with Gasteiger partial charge in [0.05, 0.1) is 37.2 Å². The number of nitrogens with one attached hydrogen (secondary N) is 1. The molecule has 0 atom stereocenters. The topological polar surface area (TPSA) is 90.1 Å². The van der Waals surface area contributed by atoms with E-state index in [1.54, 1.807) is 14.0 Å². The van der Waals surface area contributed by atoms with E-state index < -0.39 is 0 Å². The highest BCUT2D eigenvalue weighted by molar-refractivity contribution is 5.79. The molecule has 0 aliphatic carbocycles. The first kappa shape index (κ1) is 17.6. The van der Waals surface area contributed by atoms with E-state index in [-0.39, 0.29) is 12.3 Å². The third kappa shape index (κ3) is 4.05. The maximum atomic E-state index is 12.2. The summed E-state index contributed by atoms with van der Waals surface area (Å²) in [6, 6.07) is 9.48. The second kappa shape index (κ2) is 7.77. The lowest BCUT2D eigenvalue weighted by Crippen LogP contribution is -2.25. The van der Waals surface area contributed by atoms with Gasteiger partial charge in [0, 0.05) is 11.1 Å². The number of benzene rings is 1. The second-order valence-corrected chi connectivity index (χ2v) is 5.88. The van der Waals surface area contributed by atoms with Crippen molar-refractivity contribution in [2.75, 3.05) is 7.11 Å². The molecule has 0 spiro atoms. The van der Waals surface area contributed by atoms with Crippen molar-refractivity contribution in [3.05, 3.63) is 59.4 Å². The molecule has 26 heavy (non-hydrogen) atoms. The maximum Gasteiger partial charge on any atom is 0.224 e. The Morgan fingerprint density at radius 2 is 1.96 bits per heavy atom. The zero-order valence-corrected chi connectivity index (χ0v) is 14.9.